The maximum Gasteiger partial charge on any atom is 0.143 e. The molecule has 5 heteroatoms. The quantitative estimate of drug-likeness (QED) is 0.183. The number of fused-ring (bicyclic) bond motifs is 9. The van der Waals surface area contributed by atoms with Crippen molar-refractivity contribution in [1.82, 2.24) is 10.6 Å². The van der Waals surface area contributed by atoms with Gasteiger partial charge in [-0.2, -0.15) is 0 Å². The Hall–Kier alpha value is -6.69. The van der Waals surface area contributed by atoms with Gasteiger partial charge in [0, 0.05) is 38.2 Å². The Morgan fingerprint density at radius 1 is 0.481 bits per heavy atom. The molecule has 2 atom stereocenters. The van der Waals surface area contributed by atoms with Gasteiger partial charge in [-0.1, -0.05) is 133 Å². The van der Waals surface area contributed by atoms with Gasteiger partial charge in [0.05, 0.1) is 0 Å². The first-order chi connectivity index (χ1) is 25.7. The largest absolute Gasteiger partial charge is 0.456 e. The fourth-order valence-corrected chi connectivity index (χ4v) is 8.06. The molecule has 10 aromatic rings. The molecule has 2 N–H and O–H groups in total. The molecule has 5 nitrogen and oxygen atoms in total. The van der Waals surface area contributed by atoms with Crippen molar-refractivity contribution in [1.29, 1.82) is 0 Å². The normalized spacial score (nSPS) is 16.3. The van der Waals surface area contributed by atoms with Gasteiger partial charge in [-0.25, -0.2) is 4.99 Å². The highest BCUT2D eigenvalue weighted by atomic mass is 16.3. The molecule has 0 saturated heterocycles. The van der Waals surface area contributed by atoms with Crippen LogP contribution in [0, 0.1) is 0 Å². The predicted molar refractivity (Wildman–Crippen MR) is 213 cm³/mol. The third-order valence-electron chi connectivity index (χ3n) is 10.6. The zero-order valence-electron chi connectivity index (χ0n) is 28.0. The van der Waals surface area contributed by atoms with Crippen molar-refractivity contribution >= 4 is 71.3 Å². The van der Waals surface area contributed by atoms with Gasteiger partial charge in [-0.15, -0.1) is 0 Å². The van der Waals surface area contributed by atoms with Crippen LogP contribution >= 0.6 is 0 Å². The van der Waals surface area contributed by atoms with Crippen LogP contribution in [0.15, 0.2) is 178 Å². The number of hydrogen-bond acceptors (Lipinski definition) is 5. The number of aliphatic imine (C=N–C) groups is 1. The molecule has 0 bridgehead atoms. The lowest BCUT2D eigenvalue weighted by Gasteiger charge is -2.32. The van der Waals surface area contributed by atoms with Crippen LogP contribution in [0.25, 0.3) is 76.5 Å². The van der Waals surface area contributed by atoms with E-state index in [0.29, 0.717) is 0 Å². The molecule has 52 heavy (non-hydrogen) atoms. The Bertz CT molecular complexity index is 3050. The molecular weight excluding hydrogens is 639 g/mol. The van der Waals surface area contributed by atoms with Gasteiger partial charge in [0.25, 0.3) is 0 Å². The summed E-state index contributed by atoms with van der Waals surface area (Å²) in [6.07, 6.45) is -0.534. The maximum atomic E-state index is 6.75. The Labute approximate surface area is 298 Å². The number of furan rings is 2. The minimum Gasteiger partial charge on any atom is -0.456 e. The second-order valence-corrected chi connectivity index (χ2v) is 13.6. The van der Waals surface area contributed by atoms with E-state index in [4.69, 9.17) is 13.8 Å². The van der Waals surface area contributed by atoms with Crippen LogP contribution in [0.1, 0.15) is 29.0 Å². The summed E-state index contributed by atoms with van der Waals surface area (Å²) < 4.78 is 12.9. The number of nitrogens with one attached hydrogen (secondary N) is 2. The molecule has 0 fully saturated rings. The van der Waals surface area contributed by atoms with E-state index in [1.54, 1.807) is 0 Å². The molecule has 2 unspecified atom stereocenters. The fourth-order valence-electron chi connectivity index (χ4n) is 8.06. The lowest BCUT2D eigenvalue weighted by Crippen LogP contribution is -2.45. The predicted octanol–water partition coefficient (Wildman–Crippen LogP) is 11.8. The third-order valence-corrected chi connectivity index (χ3v) is 10.6. The minimum absolute atomic E-state index is 0.193. The third kappa shape index (κ3) is 4.57. The lowest BCUT2D eigenvalue weighted by molar-refractivity contribution is 0.411. The van der Waals surface area contributed by atoms with Crippen molar-refractivity contribution < 1.29 is 8.83 Å². The summed E-state index contributed by atoms with van der Waals surface area (Å²) in [6, 6.07) is 57.4. The highest BCUT2D eigenvalue weighted by Gasteiger charge is 2.28. The average Bonchev–Trinajstić information content (AvgIpc) is 3.79. The van der Waals surface area contributed by atoms with Crippen molar-refractivity contribution in [3.05, 3.63) is 180 Å². The number of para-hydroxylation sites is 2. The number of amidine groups is 1. The minimum atomic E-state index is -0.341. The van der Waals surface area contributed by atoms with E-state index in [2.05, 4.69) is 156 Å². The van der Waals surface area contributed by atoms with Crippen LogP contribution < -0.4 is 10.6 Å². The molecule has 0 radical (unpaired) electrons. The number of rotatable bonds is 4. The van der Waals surface area contributed by atoms with Gasteiger partial charge in [-0.3, -0.25) is 5.32 Å². The van der Waals surface area contributed by atoms with Gasteiger partial charge in [0.15, 0.2) is 0 Å². The van der Waals surface area contributed by atoms with Gasteiger partial charge < -0.3 is 14.2 Å². The number of benzene rings is 8. The summed E-state index contributed by atoms with van der Waals surface area (Å²) in [5, 5.41) is 16.9. The van der Waals surface area contributed by atoms with E-state index in [0.717, 1.165) is 77.5 Å². The zero-order valence-corrected chi connectivity index (χ0v) is 28.0. The van der Waals surface area contributed by atoms with E-state index in [1.165, 1.54) is 21.5 Å². The standard InChI is InChI=1S/C47H31N3O2/c1-2-11-30(12-3-1)45-48-46(32-23-22-29-21-20-28-10-4-5-13-33(28)38(29)27-32)50-47(49-45)37-17-9-19-42-43(37)36-16-8-15-34(44(36)52-42)31-24-25-41-39(26-31)35-14-6-7-18-40(35)51-41/h1-27,46-47,50H,(H,48,49). The van der Waals surface area contributed by atoms with Crippen LogP contribution in [0.5, 0.6) is 0 Å². The first kappa shape index (κ1) is 29.1. The van der Waals surface area contributed by atoms with Crippen molar-refractivity contribution in [2.45, 2.75) is 12.3 Å². The van der Waals surface area contributed by atoms with Crippen molar-refractivity contribution in [3.63, 3.8) is 0 Å². The Morgan fingerprint density at radius 2 is 1.21 bits per heavy atom. The van der Waals surface area contributed by atoms with Crippen LogP contribution in [-0.2, 0) is 0 Å². The van der Waals surface area contributed by atoms with Gasteiger partial charge in [0.2, 0.25) is 0 Å². The molecular formula is C47H31N3O2. The van der Waals surface area contributed by atoms with E-state index < -0.39 is 0 Å². The van der Waals surface area contributed by atoms with Crippen LogP contribution in [0.2, 0.25) is 0 Å². The summed E-state index contributed by atoms with van der Waals surface area (Å²) in [4.78, 5) is 5.33. The summed E-state index contributed by atoms with van der Waals surface area (Å²) in [5.41, 5.74) is 8.83. The maximum absolute atomic E-state index is 6.75. The van der Waals surface area contributed by atoms with E-state index >= 15 is 0 Å². The van der Waals surface area contributed by atoms with Crippen molar-refractivity contribution in [3.8, 4) is 11.1 Å². The Kier molecular flexibility index (Phi) is 6.39. The number of hydrogen-bond donors (Lipinski definition) is 2. The SMILES string of the molecule is c1ccc(C2=NC(c3cccc4oc5c(-c6ccc7oc8ccccc8c7c6)cccc5c34)NC(c3ccc4ccc5ccccc5c4c3)N2)cc1. The Morgan fingerprint density at radius 3 is 2.13 bits per heavy atom. The van der Waals surface area contributed by atoms with Crippen molar-refractivity contribution in [2.75, 3.05) is 0 Å². The highest BCUT2D eigenvalue weighted by Crippen LogP contribution is 2.41. The fraction of sp³-hybridized carbons (Fsp3) is 0.0426. The summed E-state index contributed by atoms with van der Waals surface area (Å²) in [5.74, 6) is 0.846. The summed E-state index contributed by atoms with van der Waals surface area (Å²) >= 11 is 0. The zero-order chi connectivity index (χ0) is 34.2. The average molecular weight is 670 g/mol. The van der Waals surface area contributed by atoms with Crippen LogP contribution in [0.3, 0.4) is 0 Å². The molecule has 0 spiro atoms. The van der Waals surface area contributed by atoms with Crippen molar-refractivity contribution in [2.24, 2.45) is 4.99 Å². The summed E-state index contributed by atoms with van der Waals surface area (Å²) in [7, 11) is 0. The van der Waals surface area contributed by atoms with Crippen LogP contribution in [0.4, 0.5) is 0 Å². The summed E-state index contributed by atoms with van der Waals surface area (Å²) in [6.45, 7) is 0. The second kappa shape index (κ2) is 11.4. The molecule has 2 aromatic heterocycles. The molecule has 8 aromatic carbocycles. The molecule has 1 aliphatic rings. The molecule has 0 saturated carbocycles. The van der Waals surface area contributed by atoms with Gasteiger partial charge in [0.1, 0.15) is 40.5 Å². The van der Waals surface area contributed by atoms with Gasteiger partial charge >= 0.3 is 0 Å². The molecule has 0 aliphatic carbocycles. The molecule has 11 rings (SSSR count). The first-order valence-corrected chi connectivity index (χ1v) is 17.7. The van der Waals surface area contributed by atoms with E-state index in [1.807, 2.05) is 18.2 Å². The molecule has 1 aliphatic heterocycles. The van der Waals surface area contributed by atoms with Crippen LogP contribution in [-0.4, -0.2) is 5.84 Å². The highest BCUT2D eigenvalue weighted by molar-refractivity contribution is 6.13. The molecule has 3 heterocycles. The molecule has 246 valence electrons. The second-order valence-electron chi connectivity index (χ2n) is 13.6. The topological polar surface area (TPSA) is 62.7 Å². The first-order valence-electron chi connectivity index (χ1n) is 17.7. The van der Waals surface area contributed by atoms with E-state index in [-0.39, 0.29) is 12.3 Å². The smallest absolute Gasteiger partial charge is 0.143 e. The monoisotopic (exact) mass is 669 g/mol. The lowest BCUT2D eigenvalue weighted by atomic mass is 9.97. The molecule has 0 amide bonds. The number of nitrogens with zero attached hydrogens (tertiary/aromatic N) is 1. The van der Waals surface area contributed by atoms with Gasteiger partial charge in [-0.05, 0) is 63.0 Å². The van der Waals surface area contributed by atoms with E-state index in [9.17, 15) is 0 Å². The Balaban J connectivity index is 1.06.